The Morgan fingerprint density at radius 2 is 1.53 bits per heavy atom. The van der Waals surface area contributed by atoms with Crippen LogP contribution >= 0.6 is 0 Å². The highest BCUT2D eigenvalue weighted by Crippen LogP contribution is 2.28. The fourth-order valence-corrected chi connectivity index (χ4v) is 1.66. The van der Waals surface area contributed by atoms with Crippen molar-refractivity contribution in [2.45, 2.75) is 51.8 Å². The van der Waals surface area contributed by atoms with Gasteiger partial charge in [-0.15, -0.1) is 0 Å². The second-order valence-corrected chi connectivity index (χ2v) is 6.76. The van der Waals surface area contributed by atoms with Gasteiger partial charge in [0, 0.05) is 0 Å². The van der Waals surface area contributed by atoms with E-state index in [2.05, 4.69) is 4.18 Å². The number of esters is 1. The molecule has 0 spiro atoms. The zero-order valence-electron chi connectivity index (χ0n) is 11.2. The summed E-state index contributed by atoms with van der Waals surface area (Å²) in [5.74, 6) is -1.96. The normalized spacial score (nSPS) is 15.4. The molecule has 0 amide bonds. The monoisotopic (exact) mass is 306 g/mol. The minimum atomic E-state index is -5.84. The summed E-state index contributed by atoms with van der Waals surface area (Å²) in [6.07, 6.45) is -1.84. The molecule has 0 N–H and O–H groups in total. The van der Waals surface area contributed by atoms with E-state index in [0.717, 1.165) is 0 Å². The molecule has 0 aliphatic rings. The molecule has 0 heterocycles. The van der Waals surface area contributed by atoms with Crippen LogP contribution in [0.3, 0.4) is 0 Å². The predicted octanol–water partition coefficient (Wildman–Crippen LogP) is 2.22. The largest absolute Gasteiger partial charge is 0.523 e. The molecule has 114 valence electrons. The average molecular weight is 306 g/mol. The molecule has 1 atom stereocenters. The predicted molar refractivity (Wildman–Crippen MR) is 60.5 cm³/mol. The van der Waals surface area contributed by atoms with E-state index in [1.54, 1.807) is 0 Å². The second-order valence-electron chi connectivity index (χ2n) is 5.19. The lowest BCUT2D eigenvalue weighted by molar-refractivity contribution is -0.166. The molecule has 5 nitrogen and oxygen atoms in total. The lowest BCUT2D eigenvalue weighted by Gasteiger charge is -2.25. The molecule has 0 bridgehead atoms. The van der Waals surface area contributed by atoms with Crippen molar-refractivity contribution in [1.82, 2.24) is 0 Å². The van der Waals surface area contributed by atoms with Crippen LogP contribution in [0.5, 0.6) is 0 Å². The van der Waals surface area contributed by atoms with Gasteiger partial charge < -0.3 is 4.74 Å². The summed E-state index contributed by atoms with van der Waals surface area (Å²) in [6, 6.07) is 0. The number of carbonyl (C=O) groups excluding carboxylic acids is 1. The number of alkyl halides is 3. The summed E-state index contributed by atoms with van der Waals surface area (Å²) in [4.78, 5) is 11.6. The number of carbonyl (C=O) groups is 1. The standard InChI is InChI=1S/C10H17F3O5S/c1-6(2)7(8(14)17-9(3,4)5)18-19(15,16)10(11,12)13/h6-7H,1-5H3/t7-/m0/s1. The van der Waals surface area contributed by atoms with Crippen LogP contribution in [-0.2, 0) is 23.8 Å². The van der Waals surface area contributed by atoms with Gasteiger partial charge in [-0.2, -0.15) is 21.6 Å². The molecule has 0 aromatic carbocycles. The minimum Gasteiger partial charge on any atom is -0.458 e. The summed E-state index contributed by atoms with van der Waals surface area (Å²) in [5.41, 5.74) is -6.54. The van der Waals surface area contributed by atoms with Gasteiger partial charge in [0.1, 0.15) is 5.60 Å². The third-order valence-corrected chi connectivity index (χ3v) is 2.79. The maximum Gasteiger partial charge on any atom is 0.523 e. The molecule has 0 rings (SSSR count). The van der Waals surface area contributed by atoms with Crippen LogP contribution in [0.15, 0.2) is 0 Å². The van der Waals surface area contributed by atoms with Gasteiger partial charge in [0.05, 0.1) is 0 Å². The summed E-state index contributed by atoms with van der Waals surface area (Å²) in [6.45, 7) is 7.20. The molecule has 0 aliphatic heterocycles. The summed E-state index contributed by atoms with van der Waals surface area (Å²) < 4.78 is 67.1. The quantitative estimate of drug-likeness (QED) is 0.452. The Hall–Kier alpha value is -0.830. The van der Waals surface area contributed by atoms with E-state index in [1.165, 1.54) is 34.6 Å². The number of hydrogen-bond acceptors (Lipinski definition) is 5. The Balaban J connectivity index is 5.13. The van der Waals surface area contributed by atoms with Crippen molar-refractivity contribution in [1.29, 1.82) is 0 Å². The first-order valence-electron chi connectivity index (χ1n) is 5.40. The fraction of sp³-hybridized carbons (Fsp3) is 0.900. The van der Waals surface area contributed by atoms with Crippen LogP contribution in [0.2, 0.25) is 0 Å². The van der Waals surface area contributed by atoms with Gasteiger partial charge in [-0.05, 0) is 26.7 Å². The average Bonchev–Trinajstić information content (AvgIpc) is 2.08. The number of hydrogen-bond donors (Lipinski definition) is 0. The van der Waals surface area contributed by atoms with E-state index in [9.17, 15) is 26.4 Å². The molecule has 0 saturated heterocycles. The highest BCUT2D eigenvalue weighted by molar-refractivity contribution is 7.87. The van der Waals surface area contributed by atoms with Gasteiger partial charge in [-0.1, -0.05) is 13.8 Å². The van der Waals surface area contributed by atoms with Crippen LogP contribution in [0.1, 0.15) is 34.6 Å². The van der Waals surface area contributed by atoms with Crippen LogP contribution < -0.4 is 0 Å². The molecule has 0 aromatic heterocycles. The molecule has 0 aliphatic carbocycles. The van der Waals surface area contributed by atoms with Gasteiger partial charge >= 0.3 is 21.6 Å². The van der Waals surface area contributed by atoms with E-state index in [0.29, 0.717) is 0 Å². The molecule has 0 aromatic rings. The SMILES string of the molecule is CC(C)[C@H](OS(=O)(=O)C(F)(F)F)C(=O)OC(C)(C)C. The zero-order chi connectivity index (χ0) is 15.6. The van der Waals surface area contributed by atoms with Gasteiger partial charge in [-0.3, -0.25) is 0 Å². The van der Waals surface area contributed by atoms with Crippen molar-refractivity contribution < 1.29 is 35.3 Å². The Kier molecular flexibility index (Phi) is 5.41. The Morgan fingerprint density at radius 3 is 1.79 bits per heavy atom. The van der Waals surface area contributed by atoms with Crippen LogP contribution in [0.4, 0.5) is 13.2 Å². The van der Waals surface area contributed by atoms with Crippen molar-refractivity contribution in [3.05, 3.63) is 0 Å². The van der Waals surface area contributed by atoms with Crippen molar-refractivity contribution in [2.24, 2.45) is 5.92 Å². The maximum atomic E-state index is 12.2. The van der Waals surface area contributed by atoms with Gasteiger partial charge in [0.2, 0.25) is 0 Å². The van der Waals surface area contributed by atoms with E-state index in [1.807, 2.05) is 0 Å². The summed E-state index contributed by atoms with van der Waals surface area (Å²) in [5, 5.41) is 0. The van der Waals surface area contributed by atoms with Crippen molar-refractivity contribution in [3.63, 3.8) is 0 Å². The van der Waals surface area contributed by atoms with Crippen LogP contribution in [0.25, 0.3) is 0 Å². The van der Waals surface area contributed by atoms with E-state index >= 15 is 0 Å². The smallest absolute Gasteiger partial charge is 0.458 e. The minimum absolute atomic E-state index is 0.799. The van der Waals surface area contributed by atoms with Crippen LogP contribution in [-0.4, -0.2) is 31.6 Å². The summed E-state index contributed by atoms with van der Waals surface area (Å²) >= 11 is 0. The molecule has 19 heavy (non-hydrogen) atoms. The highest BCUT2D eigenvalue weighted by Gasteiger charge is 2.50. The third-order valence-electron chi connectivity index (χ3n) is 1.76. The molecular formula is C10H17F3O5S. The molecule has 0 saturated carbocycles. The second kappa shape index (κ2) is 5.66. The van der Waals surface area contributed by atoms with Crippen molar-refractivity contribution in [3.8, 4) is 0 Å². The van der Waals surface area contributed by atoms with E-state index in [-0.39, 0.29) is 0 Å². The van der Waals surface area contributed by atoms with Gasteiger partial charge in [0.15, 0.2) is 6.10 Å². The van der Waals surface area contributed by atoms with Crippen molar-refractivity contribution in [2.75, 3.05) is 0 Å². The van der Waals surface area contributed by atoms with E-state index in [4.69, 9.17) is 4.74 Å². The molecule has 0 unspecified atom stereocenters. The van der Waals surface area contributed by atoms with Gasteiger partial charge in [0.25, 0.3) is 0 Å². The Labute approximate surface area is 110 Å². The molecular weight excluding hydrogens is 289 g/mol. The van der Waals surface area contributed by atoms with E-state index < -0.39 is 39.2 Å². The molecule has 0 radical (unpaired) electrons. The fourth-order valence-electron chi connectivity index (χ4n) is 0.973. The van der Waals surface area contributed by atoms with Gasteiger partial charge in [-0.25, -0.2) is 8.98 Å². The third kappa shape index (κ3) is 5.77. The van der Waals surface area contributed by atoms with Crippen molar-refractivity contribution >= 4 is 16.1 Å². The highest BCUT2D eigenvalue weighted by atomic mass is 32.2. The lowest BCUT2D eigenvalue weighted by atomic mass is 10.1. The lowest BCUT2D eigenvalue weighted by Crippen LogP contribution is -2.40. The summed E-state index contributed by atoms with van der Waals surface area (Å²) in [7, 11) is -5.84. The number of rotatable bonds is 4. The first-order chi connectivity index (χ1) is 8.17. The Bertz CT molecular complexity index is 419. The number of ether oxygens (including phenoxy) is 1. The first-order valence-corrected chi connectivity index (χ1v) is 6.80. The molecule has 9 heteroatoms. The van der Waals surface area contributed by atoms with Crippen LogP contribution in [0, 0.1) is 5.92 Å². The topological polar surface area (TPSA) is 69.7 Å². The Morgan fingerprint density at radius 1 is 1.11 bits per heavy atom. The molecule has 0 fully saturated rings. The number of halogens is 3. The zero-order valence-corrected chi connectivity index (χ0v) is 12.1. The first kappa shape index (κ1) is 18.2. The maximum absolute atomic E-state index is 12.2.